The first-order chi connectivity index (χ1) is 14.6. The molecule has 5 heteroatoms. The van der Waals surface area contributed by atoms with E-state index in [0.717, 1.165) is 28.9 Å². The van der Waals surface area contributed by atoms with Crippen molar-refractivity contribution in [1.29, 1.82) is 0 Å². The molecule has 0 saturated heterocycles. The molecule has 0 bridgehead atoms. The first-order valence-electron chi connectivity index (χ1n) is 11.1. The van der Waals surface area contributed by atoms with Crippen molar-refractivity contribution in [3.8, 4) is 0 Å². The molecule has 1 N–H and O–H groups in total. The molecule has 0 heterocycles. The standard InChI is InChI=1S/C26H37N3O2/c1-8-20(5)29(26(31)21-11-9-10-19(4)15-21)17-22-16-23(12-13-24(22)28(6)7)27-25(30)14-18(2)3/h9-13,15-16,18,20H,8,14,17H2,1-7H3,(H,27,30). The van der Waals surface area contributed by atoms with Gasteiger partial charge in [0, 0.05) is 50.0 Å². The van der Waals surface area contributed by atoms with Crippen LogP contribution in [0.4, 0.5) is 11.4 Å². The minimum atomic E-state index is 0.00757. The summed E-state index contributed by atoms with van der Waals surface area (Å²) in [5, 5.41) is 3.00. The molecule has 0 spiro atoms. The smallest absolute Gasteiger partial charge is 0.254 e. The molecule has 0 aliphatic heterocycles. The number of rotatable bonds is 9. The molecule has 2 aromatic carbocycles. The summed E-state index contributed by atoms with van der Waals surface area (Å²) in [5.74, 6) is 0.332. The summed E-state index contributed by atoms with van der Waals surface area (Å²) in [6.45, 7) is 10.7. The van der Waals surface area contributed by atoms with Gasteiger partial charge in [-0.2, -0.15) is 0 Å². The SMILES string of the molecule is CCC(C)N(Cc1cc(NC(=O)CC(C)C)ccc1N(C)C)C(=O)c1cccc(C)c1. The first-order valence-corrected chi connectivity index (χ1v) is 11.1. The molecule has 168 valence electrons. The lowest BCUT2D eigenvalue weighted by Crippen LogP contribution is -2.38. The van der Waals surface area contributed by atoms with E-state index in [9.17, 15) is 9.59 Å². The number of nitrogens with zero attached hydrogens (tertiary/aromatic N) is 2. The molecule has 2 amide bonds. The third-order valence-corrected chi connectivity index (χ3v) is 5.43. The minimum absolute atomic E-state index is 0.00757. The molecule has 0 aliphatic carbocycles. The largest absolute Gasteiger partial charge is 0.377 e. The summed E-state index contributed by atoms with van der Waals surface area (Å²) in [4.78, 5) is 29.6. The predicted molar refractivity (Wildman–Crippen MR) is 130 cm³/mol. The molecule has 1 unspecified atom stereocenters. The van der Waals surface area contributed by atoms with E-state index in [1.54, 1.807) is 0 Å². The van der Waals surface area contributed by atoms with Gasteiger partial charge in [-0.1, -0.05) is 38.5 Å². The van der Waals surface area contributed by atoms with Gasteiger partial charge in [-0.15, -0.1) is 0 Å². The maximum absolute atomic E-state index is 13.4. The average Bonchev–Trinajstić information content (AvgIpc) is 2.70. The zero-order chi connectivity index (χ0) is 23.1. The maximum atomic E-state index is 13.4. The van der Waals surface area contributed by atoms with E-state index in [1.807, 2.05) is 87.1 Å². The van der Waals surface area contributed by atoms with Crippen LogP contribution in [0.15, 0.2) is 42.5 Å². The van der Waals surface area contributed by atoms with Crippen molar-refractivity contribution in [2.75, 3.05) is 24.3 Å². The fourth-order valence-electron chi connectivity index (χ4n) is 3.58. The summed E-state index contributed by atoms with van der Waals surface area (Å²) in [7, 11) is 3.98. The van der Waals surface area contributed by atoms with E-state index < -0.39 is 0 Å². The number of anilines is 2. The number of carbonyl (C=O) groups is 2. The lowest BCUT2D eigenvalue weighted by Gasteiger charge is -2.31. The lowest BCUT2D eigenvalue weighted by molar-refractivity contribution is -0.116. The fraction of sp³-hybridized carbons (Fsp3) is 0.462. The van der Waals surface area contributed by atoms with Crippen molar-refractivity contribution in [2.45, 2.75) is 60.0 Å². The quantitative estimate of drug-likeness (QED) is 0.580. The van der Waals surface area contributed by atoms with Gasteiger partial charge in [0.15, 0.2) is 0 Å². The molecule has 0 saturated carbocycles. The van der Waals surface area contributed by atoms with Gasteiger partial charge >= 0.3 is 0 Å². The van der Waals surface area contributed by atoms with E-state index in [1.165, 1.54) is 0 Å². The van der Waals surface area contributed by atoms with Gasteiger partial charge < -0.3 is 15.1 Å². The molecule has 5 nitrogen and oxygen atoms in total. The van der Waals surface area contributed by atoms with Gasteiger partial charge in [0.25, 0.3) is 5.91 Å². The molecular formula is C26H37N3O2. The van der Waals surface area contributed by atoms with Gasteiger partial charge in [0.05, 0.1) is 0 Å². The number of benzene rings is 2. The zero-order valence-electron chi connectivity index (χ0n) is 20.0. The summed E-state index contributed by atoms with van der Waals surface area (Å²) in [5.41, 5.74) is 4.58. The molecule has 0 aromatic heterocycles. The third kappa shape index (κ3) is 6.84. The maximum Gasteiger partial charge on any atom is 0.254 e. The monoisotopic (exact) mass is 423 g/mol. The second-order valence-electron chi connectivity index (χ2n) is 8.94. The van der Waals surface area contributed by atoms with Crippen LogP contribution in [-0.2, 0) is 11.3 Å². The molecule has 2 aromatic rings. The number of hydrogen-bond donors (Lipinski definition) is 1. The second-order valence-corrected chi connectivity index (χ2v) is 8.94. The highest BCUT2D eigenvalue weighted by atomic mass is 16.2. The summed E-state index contributed by atoms with van der Waals surface area (Å²) in [6, 6.07) is 13.7. The van der Waals surface area contributed by atoms with Crippen LogP contribution in [-0.4, -0.2) is 36.9 Å². The zero-order valence-corrected chi connectivity index (χ0v) is 20.0. The van der Waals surface area contributed by atoms with Crippen molar-refractivity contribution < 1.29 is 9.59 Å². The number of aryl methyl sites for hydroxylation is 1. The Kier molecular flexibility index (Phi) is 8.66. The van der Waals surface area contributed by atoms with Crippen LogP contribution < -0.4 is 10.2 Å². The third-order valence-electron chi connectivity index (χ3n) is 5.43. The van der Waals surface area contributed by atoms with Crippen LogP contribution in [0.2, 0.25) is 0 Å². The Labute approximate surface area is 187 Å². The molecule has 0 fully saturated rings. The summed E-state index contributed by atoms with van der Waals surface area (Å²) in [6.07, 6.45) is 1.34. The first kappa shape index (κ1) is 24.4. The van der Waals surface area contributed by atoms with Crippen molar-refractivity contribution in [1.82, 2.24) is 4.90 Å². The van der Waals surface area contributed by atoms with Crippen molar-refractivity contribution >= 4 is 23.2 Å². The van der Waals surface area contributed by atoms with Gasteiger partial charge in [-0.25, -0.2) is 0 Å². The Hall–Kier alpha value is -2.82. The summed E-state index contributed by atoms with van der Waals surface area (Å²) >= 11 is 0. The highest BCUT2D eigenvalue weighted by Gasteiger charge is 2.23. The number of hydrogen-bond acceptors (Lipinski definition) is 3. The number of amides is 2. The predicted octanol–water partition coefficient (Wildman–Crippen LogP) is 5.49. The van der Waals surface area contributed by atoms with Crippen LogP contribution in [0.1, 0.15) is 62.0 Å². The van der Waals surface area contributed by atoms with E-state index >= 15 is 0 Å². The summed E-state index contributed by atoms with van der Waals surface area (Å²) < 4.78 is 0. The van der Waals surface area contributed by atoms with Crippen LogP contribution in [0.25, 0.3) is 0 Å². The molecular weight excluding hydrogens is 386 g/mol. The molecule has 2 rings (SSSR count). The Balaban J connectivity index is 2.38. The normalized spacial score (nSPS) is 11.9. The van der Waals surface area contributed by atoms with E-state index in [0.29, 0.717) is 24.4 Å². The van der Waals surface area contributed by atoms with Gasteiger partial charge in [0.2, 0.25) is 5.91 Å². The van der Waals surface area contributed by atoms with E-state index in [-0.39, 0.29) is 17.9 Å². The minimum Gasteiger partial charge on any atom is -0.377 e. The molecule has 31 heavy (non-hydrogen) atoms. The molecule has 0 aliphatic rings. The lowest BCUT2D eigenvalue weighted by atomic mass is 10.1. The topological polar surface area (TPSA) is 52.7 Å². The fourth-order valence-corrected chi connectivity index (χ4v) is 3.58. The highest BCUT2D eigenvalue weighted by molar-refractivity contribution is 5.95. The Bertz CT molecular complexity index is 905. The molecule has 1 atom stereocenters. The van der Waals surface area contributed by atoms with Crippen molar-refractivity contribution in [2.24, 2.45) is 5.92 Å². The second kappa shape index (κ2) is 11.0. The highest BCUT2D eigenvalue weighted by Crippen LogP contribution is 2.27. The van der Waals surface area contributed by atoms with Crippen molar-refractivity contribution in [3.05, 3.63) is 59.2 Å². The Morgan fingerprint density at radius 3 is 2.32 bits per heavy atom. The van der Waals surface area contributed by atoms with E-state index in [2.05, 4.69) is 19.2 Å². The van der Waals surface area contributed by atoms with Gasteiger partial charge in [-0.3, -0.25) is 9.59 Å². The van der Waals surface area contributed by atoms with Gasteiger partial charge in [-0.05, 0) is 62.1 Å². The molecule has 0 radical (unpaired) electrons. The Morgan fingerprint density at radius 1 is 1.03 bits per heavy atom. The number of carbonyl (C=O) groups excluding carboxylic acids is 2. The average molecular weight is 424 g/mol. The Morgan fingerprint density at radius 2 is 1.74 bits per heavy atom. The van der Waals surface area contributed by atoms with Crippen molar-refractivity contribution in [3.63, 3.8) is 0 Å². The van der Waals surface area contributed by atoms with Crippen LogP contribution >= 0.6 is 0 Å². The van der Waals surface area contributed by atoms with E-state index in [4.69, 9.17) is 0 Å². The van der Waals surface area contributed by atoms with Crippen LogP contribution in [0.3, 0.4) is 0 Å². The number of nitrogens with one attached hydrogen (secondary N) is 1. The van der Waals surface area contributed by atoms with Crippen LogP contribution in [0, 0.1) is 12.8 Å². The van der Waals surface area contributed by atoms with Gasteiger partial charge in [0.1, 0.15) is 0 Å². The van der Waals surface area contributed by atoms with Crippen LogP contribution in [0.5, 0.6) is 0 Å².